The Morgan fingerprint density at radius 3 is 2.50 bits per heavy atom. The standard InChI is InChI=1S/C15H9F3O2/c16-15(17,18)10-5-6-11-12(19)7-9-3-1-2-4-13(9)20-14(11)8-10/h1-6,8H,7H2. The topological polar surface area (TPSA) is 26.3 Å². The molecule has 0 fully saturated rings. The molecule has 20 heavy (non-hydrogen) atoms. The predicted molar refractivity (Wildman–Crippen MR) is 66.0 cm³/mol. The van der Waals surface area contributed by atoms with Gasteiger partial charge in [0.1, 0.15) is 11.5 Å². The van der Waals surface area contributed by atoms with Crippen LogP contribution >= 0.6 is 0 Å². The number of ether oxygens (including phenoxy) is 1. The maximum Gasteiger partial charge on any atom is 0.416 e. The van der Waals surface area contributed by atoms with Gasteiger partial charge in [0.2, 0.25) is 0 Å². The first-order valence-electron chi connectivity index (χ1n) is 5.95. The molecule has 3 rings (SSSR count). The third-order valence-corrected chi connectivity index (χ3v) is 3.15. The Kier molecular flexibility index (Phi) is 2.78. The van der Waals surface area contributed by atoms with Gasteiger partial charge in [-0.15, -0.1) is 0 Å². The van der Waals surface area contributed by atoms with Crippen molar-refractivity contribution in [2.24, 2.45) is 0 Å². The number of hydrogen-bond acceptors (Lipinski definition) is 2. The molecule has 0 spiro atoms. The summed E-state index contributed by atoms with van der Waals surface area (Å²) in [6.07, 6.45) is -4.35. The zero-order valence-electron chi connectivity index (χ0n) is 10.2. The Labute approximate surface area is 112 Å². The van der Waals surface area contributed by atoms with Crippen molar-refractivity contribution >= 4 is 5.78 Å². The lowest BCUT2D eigenvalue weighted by Gasteiger charge is -2.11. The Balaban J connectivity index is 2.13. The molecule has 1 aliphatic heterocycles. The van der Waals surface area contributed by atoms with Crippen LogP contribution in [0.5, 0.6) is 11.5 Å². The molecule has 0 bridgehead atoms. The molecular weight excluding hydrogens is 269 g/mol. The summed E-state index contributed by atoms with van der Waals surface area (Å²) < 4.78 is 43.6. The van der Waals surface area contributed by atoms with Gasteiger partial charge in [-0.1, -0.05) is 18.2 Å². The highest BCUT2D eigenvalue weighted by Gasteiger charge is 2.32. The number of rotatable bonds is 0. The minimum atomic E-state index is -4.47. The van der Waals surface area contributed by atoms with E-state index in [-0.39, 0.29) is 23.5 Å². The predicted octanol–water partition coefficient (Wildman–Crippen LogP) is 4.24. The van der Waals surface area contributed by atoms with Crippen LogP contribution in [0.4, 0.5) is 13.2 Å². The third-order valence-electron chi connectivity index (χ3n) is 3.15. The lowest BCUT2D eigenvalue weighted by molar-refractivity contribution is -0.137. The molecule has 2 nitrogen and oxygen atoms in total. The van der Waals surface area contributed by atoms with E-state index in [4.69, 9.17) is 4.74 Å². The number of halogens is 3. The van der Waals surface area contributed by atoms with Gasteiger partial charge in [-0.3, -0.25) is 4.79 Å². The first-order chi connectivity index (χ1) is 9.45. The summed E-state index contributed by atoms with van der Waals surface area (Å²) >= 11 is 0. The van der Waals surface area contributed by atoms with Crippen molar-refractivity contribution in [1.82, 2.24) is 0 Å². The van der Waals surface area contributed by atoms with E-state index in [1.807, 2.05) is 0 Å². The number of carbonyl (C=O) groups is 1. The fourth-order valence-electron chi connectivity index (χ4n) is 2.15. The maximum absolute atomic E-state index is 12.7. The fraction of sp³-hybridized carbons (Fsp3) is 0.133. The lowest BCUT2D eigenvalue weighted by atomic mass is 10.0. The average molecular weight is 278 g/mol. The fourth-order valence-corrected chi connectivity index (χ4v) is 2.15. The summed E-state index contributed by atoms with van der Waals surface area (Å²) in [5.74, 6) is 0.118. The molecule has 0 saturated carbocycles. The van der Waals surface area contributed by atoms with Gasteiger partial charge in [0.05, 0.1) is 11.1 Å². The second-order valence-electron chi connectivity index (χ2n) is 4.52. The minimum absolute atomic E-state index is 0.0465. The second-order valence-corrected chi connectivity index (χ2v) is 4.52. The molecular formula is C15H9F3O2. The zero-order valence-corrected chi connectivity index (χ0v) is 10.2. The van der Waals surface area contributed by atoms with Crippen molar-refractivity contribution in [3.63, 3.8) is 0 Å². The molecule has 1 heterocycles. The smallest absolute Gasteiger partial charge is 0.416 e. The average Bonchev–Trinajstić information content (AvgIpc) is 2.53. The molecule has 0 amide bonds. The van der Waals surface area contributed by atoms with Crippen molar-refractivity contribution in [3.05, 3.63) is 59.2 Å². The van der Waals surface area contributed by atoms with Gasteiger partial charge in [0.15, 0.2) is 5.78 Å². The molecule has 0 radical (unpaired) electrons. The number of ketones is 1. The first-order valence-corrected chi connectivity index (χ1v) is 5.95. The van der Waals surface area contributed by atoms with E-state index in [0.717, 1.165) is 12.1 Å². The number of para-hydroxylation sites is 1. The van der Waals surface area contributed by atoms with E-state index >= 15 is 0 Å². The van der Waals surface area contributed by atoms with E-state index in [9.17, 15) is 18.0 Å². The van der Waals surface area contributed by atoms with Crippen molar-refractivity contribution in [1.29, 1.82) is 0 Å². The van der Waals surface area contributed by atoms with Crippen molar-refractivity contribution < 1.29 is 22.7 Å². The second kappa shape index (κ2) is 4.37. The van der Waals surface area contributed by atoms with Crippen LogP contribution in [0.15, 0.2) is 42.5 Å². The number of benzene rings is 2. The van der Waals surface area contributed by atoms with E-state index in [2.05, 4.69) is 0 Å². The van der Waals surface area contributed by atoms with E-state index in [0.29, 0.717) is 11.3 Å². The van der Waals surface area contributed by atoms with Crippen molar-refractivity contribution in [2.75, 3.05) is 0 Å². The molecule has 0 atom stereocenters. The minimum Gasteiger partial charge on any atom is -0.456 e. The van der Waals surface area contributed by atoms with Crippen LogP contribution in [0.2, 0.25) is 0 Å². The third kappa shape index (κ3) is 2.15. The Hall–Kier alpha value is -2.30. The summed E-state index contributed by atoms with van der Waals surface area (Å²) in [6, 6.07) is 9.77. The molecule has 0 aliphatic carbocycles. The first kappa shape index (κ1) is 12.7. The van der Waals surface area contributed by atoms with Crippen LogP contribution in [0.25, 0.3) is 0 Å². The van der Waals surface area contributed by atoms with Gasteiger partial charge < -0.3 is 4.74 Å². The van der Waals surface area contributed by atoms with Gasteiger partial charge >= 0.3 is 6.18 Å². The molecule has 0 N–H and O–H groups in total. The quantitative estimate of drug-likeness (QED) is 0.720. The molecule has 0 unspecified atom stereocenters. The largest absolute Gasteiger partial charge is 0.456 e. The summed E-state index contributed by atoms with van der Waals surface area (Å²) in [4.78, 5) is 12.1. The monoisotopic (exact) mass is 278 g/mol. The number of fused-ring (bicyclic) bond motifs is 2. The van der Waals surface area contributed by atoms with Gasteiger partial charge in [-0.25, -0.2) is 0 Å². The van der Waals surface area contributed by atoms with Gasteiger partial charge in [-0.2, -0.15) is 13.2 Å². The zero-order chi connectivity index (χ0) is 14.3. The van der Waals surface area contributed by atoms with Crippen LogP contribution in [-0.4, -0.2) is 5.78 Å². The van der Waals surface area contributed by atoms with Gasteiger partial charge in [0.25, 0.3) is 0 Å². The summed E-state index contributed by atoms with van der Waals surface area (Å²) in [5, 5.41) is 0. The highest BCUT2D eigenvalue weighted by atomic mass is 19.4. The maximum atomic E-state index is 12.7. The summed E-state index contributed by atoms with van der Waals surface area (Å²) in [5.41, 5.74) is 0.0138. The van der Waals surface area contributed by atoms with Crippen LogP contribution in [0.3, 0.4) is 0 Å². The van der Waals surface area contributed by atoms with Crippen molar-refractivity contribution in [2.45, 2.75) is 12.6 Å². The molecule has 1 aliphatic rings. The van der Waals surface area contributed by atoms with E-state index in [1.54, 1.807) is 24.3 Å². The highest BCUT2D eigenvalue weighted by molar-refractivity contribution is 6.01. The Morgan fingerprint density at radius 1 is 1.00 bits per heavy atom. The molecule has 2 aromatic carbocycles. The molecule has 0 saturated heterocycles. The van der Waals surface area contributed by atoms with Gasteiger partial charge in [0, 0.05) is 12.0 Å². The number of alkyl halides is 3. The normalized spacial score (nSPS) is 14.1. The summed E-state index contributed by atoms with van der Waals surface area (Å²) in [6.45, 7) is 0. The van der Waals surface area contributed by atoms with Crippen LogP contribution < -0.4 is 4.74 Å². The van der Waals surface area contributed by atoms with Crippen LogP contribution in [0, 0.1) is 0 Å². The summed E-state index contributed by atoms with van der Waals surface area (Å²) in [7, 11) is 0. The highest BCUT2D eigenvalue weighted by Crippen LogP contribution is 2.38. The van der Waals surface area contributed by atoms with Crippen LogP contribution in [0.1, 0.15) is 21.5 Å². The van der Waals surface area contributed by atoms with Crippen LogP contribution in [-0.2, 0) is 12.6 Å². The number of hydrogen-bond donors (Lipinski definition) is 0. The number of carbonyl (C=O) groups excluding carboxylic acids is 1. The van der Waals surface area contributed by atoms with Gasteiger partial charge in [-0.05, 0) is 24.3 Å². The van der Waals surface area contributed by atoms with Crippen molar-refractivity contribution in [3.8, 4) is 11.5 Å². The van der Waals surface area contributed by atoms with E-state index < -0.39 is 11.7 Å². The Morgan fingerprint density at radius 2 is 1.75 bits per heavy atom. The lowest BCUT2D eigenvalue weighted by Crippen LogP contribution is -2.07. The SMILES string of the molecule is O=C1Cc2ccccc2Oc2cc(C(F)(F)F)ccc21. The molecule has 5 heteroatoms. The molecule has 102 valence electrons. The number of Topliss-reactive ketones (excluding diaryl/α,β-unsaturated/α-hetero) is 1. The van der Waals surface area contributed by atoms with E-state index in [1.165, 1.54) is 6.07 Å². The Bertz CT molecular complexity index is 690. The molecule has 2 aromatic rings. The molecule has 0 aromatic heterocycles.